The number of hydrogen-bond acceptors (Lipinski definition) is 5. The Morgan fingerprint density at radius 2 is 2.17 bits per heavy atom. The molecule has 0 radical (unpaired) electrons. The van der Waals surface area contributed by atoms with Crippen molar-refractivity contribution in [3.05, 3.63) is 34.1 Å². The predicted octanol–water partition coefficient (Wildman–Crippen LogP) is 2.23. The summed E-state index contributed by atoms with van der Waals surface area (Å²) in [5, 5.41) is 24.0. The minimum Gasteiger partial charge on any atom is -0.506 e. The second kappa shape index (κ2) is 6.67. The van der Waals surface area contributed by atoms with E-state index in [0.29, 0.717) is 5.69 Å². The maximum atomic E-state index is 12.4. The van der Waals surface area contributed by atoms with Gasteiger partial charge in [-0.15, -0.1) is 5.10 Å². The molecule has 1 fully saturated rings. The third-order valence-corrected chi connectivity index (χ3v) is 4.50. The maximum absolute atomic E-state index is 12.4. The van der Waals surface area contributed by atoms with Gasteiger partial charge >= 0.3 is 0 Å². The number of rotatable bonds is 3. The van der Waals surface area contributed by atoms with Crippen molar-refractivity contribution >= 4 is 27.5 Å². The average molecular weight is 380 g/mol. The van der Waals surface area contributed by atoms with Crippen LogP contribution in [0.5, 0.6) is 5.75 Å². The number of carbonyl (C=O) groups is 1. The van der Waals surface area contributed by atoms with Crippen molar-refractivity contribution in [1.82, 2.24) is 20.3 Å². The number of hydrogen-bond donors (Lipinski definition) is 3. The smallest absolute Gasteiger partial charge is 0.278 e. The van der Waals surface area contributed by atoms with Gasteiger partial charge in [0.15, 0.2) is 5.69 Å². The summed E-state index contributed by atoms with van der Waals surface area (Å²) in [6.45, 7) is 3.73. The second-order valence-electron chi connectivity index (χ2n) is 5.56. The molecule has 1 aromatic carbocycles. The zero-order valence-corrected chi connectivity index (χ0v) is 14.3. The van der Waals surface area contributed by atoms with E-state index < -0.39 is 0 Å². The van der Waals surface area contributed by atoms with Crippen molar-refractivity contribution in [1.29, 1.82) is 0 Å². The van der Waals surface area contributed by atoms with Crippen LogP contribution in [-0.2, 0) is 0 Å². The highest BCUT2D eigenvalue weighted by molar-refractivity contribution is 9.10. The molecule has 2 aromatic rings. The molecule has 0 unspecified atom stereocenters. The Hall–Kier alpha value is -1.93. The molecule has 7 nitrogen and oxygen atoms in total. The van der Waals surface area contributed by atoms with Crippen molar-refractivity contribution in [3.63, 3.8) is 0 Å². The average Bonchev–Trinajstić information content (AvgIpc) is 2.93. The number of anilines is 1. The van der Waals surface area contributed by atoms with Crippen LogP contribution < -0.4 is 10.6 Å². The lowest BCUT2D eigenvalue weighted by atomic mass is 10.1. The second-order valence-corrected chi connectivity index (χ2v) is 6.48. The minimum atomic E-state index is -0.379. The van der Waals surface area contributed by atoms with Crippen molar-refractivity contribution in [2.75, 3.05) is 18.4 Å². The van der Waals surface area contributed by atoms with Gasteiger partial charge in [0.1, 0.15) is 5.75 Å². The minimum absolute atomic E-state index is 0.00458. The van der Waals surface area contributed by atoms with Crippen LogP contribution in [0.2, 0.25) is 0 Å². The number of nitrogens with zero attached hydrogens (tertiary/aromatic N) is 3. The number of nitrogens with one attached hydrogen (secondary N) is 2. The number of phenolic OH excluding ortho intramolecular Hbond substituents is 1. The van der Waals surface area contributed by atoms with E-state index in [1.807, 2.05) is 11.6 Å². The van der Waals surface area contributed by atoms with E-state index in [4.69, 9.17) is 0 Å². The van der Waals surface area contributed by atoms with Gasteiger partial charge in [-0.05, 0) is 51.1 Å². The molecule has 8 heteroatoms. The van der Waals surface area contributed by atoms with Gasteiger partial charge in [0.25, 0.3) is 5.91 Å². The molecule has 0 bridgehead atoms. The van der Waals surface area contributed by atoms with E-state index in [2.05, 4.69) is 36.9 Å². The van der Waals surface area contributed by atoms with Crippen LogP contribution in [-0.4, -0.2) is 39.1 Å². The van der Waals surface area contributed by atoms with E-state index in [-0.39, 0.29) is 23.4 Å². The Morgan fingerprint density at radius 3 is 2.91 bits per heavy atom. The van der Waals surface area contributed by atoms with Crippen LogP contribution in [0.15, 0.2) is 22.7 Å². The Bertz CT molecular complexity index is 725. The first-order valence-electron chi connectivity index (χ1n) is 7.48. The maximum Gasteiger partial charge on any atom is 0.278 e. The fraction of sp³-hybridized carbons (Fsp3) is 0.400. The summed E-state index contributed by atoms with van der Waals surface area (Å²) in [5.41, 5.74) is 1.35. The molecule has 3 N–H and O–H groups in total. The Kier molecular flexibility index (Phi) is 4.63. The SMILES string of the molecule is Cc1c(C(=O)Nc2cc(Br)ccc2O)nnn1C1CCNCC1. The van der Waals surface area contributed by atoms with Crippen molar-refractivity contribution < 1.29 is 9.90 Å². The lowest BCUT2D eigenvalue weighted by molar-refractivity contribution is 0.102. The quantitative estimate of drug-likeness (QED) is 0.711. The number of piperidine rings is 1. The van der Waals surface area contributed by atoms with Crippen LogP contribution >= 0.6 is 15.9 Å². The molecule has 2 heterocycles. The summed E-state index contributed by atoms with van der Waals surface area (Å²) < 4.78 is 2.59. The number of phenols is 1. The van der Waals surface area contributed by atoms with Gasteiger partial charge in [-0.2, -0.15) is 0 Å². The fourth-order valence-corrected chi connectivity index (χ4v) is 3.10. The number of carbonyl (C=O) groups excluding carboxylic acids is 1. The normalized spacial score (nSPS) is 15.6. The van der Waals surface area contributed by atoms with Crippen LogP contribution in [0.3, 0.4) is 0 Å². The van der Waals surface area contributed by atoms with Crippen molar-refractivity contribution in [2.24, 2.45) is 0 Å². The van der Waals surface area contributed by atoms with Crippen LogP contribution in [0.1, 0.15) is 35.1 Å². The van der Waals surface area contributed by atoms with Gasteiger partial charge in [-0.25, -0.2) is 4.68 Å². The van der Waals surface area contributed by atoms with Crippen molar-refractivity contribution in [2.45, 2.75) is 25.8 Å². The lowest BCUT2D eigenvalue weighted by Crippen LogP contribution is -2.30. The van der Waals surface area contributed by atoms with Crippen LogP contribution in [0.25, 0.3) is 0 Å². The molecule has 3 rings (SSSR count). The number of halogens is 1. The summed E-state index contributed by atoms with van der Waals surface area (Å²) in [5.74, 6) is -0.374. The molecule has 0 saturated carbocycles. The highest BCUT2D eigenvalue weighted by Gasteiger charge is 2.23. The highest BCUT2D eigenvalue weighted by Crippen LogP contribution is 2.27. The predicted molar refractivity (Wildman–Crippen MR) is 89.7 cm³/mol. The van der Waals surface area contributed by atoms with Gasteiger partial charge < -0.3 is 15.7 Å². The first-order chi connectivity index (χ1) is 11.1. The molecule has 1 amide bonds. The largest absolute Gasteiger partial charge is 0.506 e. The zero-order chi connectivity index (χ0) is 16.4. The molecule has 0 atom stereocenters. The van der Waals surface area contributed by atoms with E-state index in [9.17, 15) is 9.90 Å². The zero-order valence-electron chi connectivity index (χ0n) is 12.7. The molecular weight excluding hydrogens is 362 g/mol. The Balaban J connectivity index is 1.80. The summed E-state index contributed by atoms with van der Waals surface area (Å²) in [7, 11) is 0. The monoisotopic (exact) mass is 379 g/mol. The third-order valence-electron chi connectivity index (χ3n) is 4.00. The van der Waals surface area contributed by atoms with Gasteiger partial charge in [0.2, 0.25) is 0 Å². The van der Waals surface area contributed by atoms with Gasteiger partial charge in [-0.1, -0.05) is 21.1 Å². The summed E-state index contributed by atoms with van der Waals surface area (Å²) in [4.78, 5) is 12.4. The molecule has 1 aliphatic heterocycles. The van der Waals surface area contributed by atoms with Crippen molar-refractivity contribution in [3.8, 4) is 5.75 Å². The summed E-state index contributed by atoms with van der Waals surface area (Å²) >= 11 is 3.31. The van der Waals surface area contributed by atoms with Crippen LogP contribution in [0, 0.1) is 6.92 Å². The van der Waals surface area contributed by atoms with Gasteiger partial charge in [0, 0.05) is 4.47 Å². The third kappa shape index (κ3) is 3.37. The fourth-order valence-electron chi connectivity index (χ4n) is 2.74. The molecule has 1 aliphatic rings. The molecule has 1 aromatic heterocycles. The van der Waals surface area contributed by atoms with Gasteiger partial charge in [-0.3, -0.25) is 4.79 Å². The topological polar surface area (TPSA) is 92.1 Å². The van der Waals surface area contributed by atoms with E-state index >= 15 is 0 Å². The molecule has 23 heavy (non-hydrogen) atoms. The van der Waals surface area contributed by atoms with E-state index in [1.54, 1.807) is 12.1 Å². The lowest BCUT2D eigenvalue weighted by Gasteiger charge is -2.23. The summed E-state index contributed by atoms with van der Waals surface area (Å²) in [6, 6.07) is 5.12. The molecule has 0 spiro atoms. The standard InChI is InChI=1S/C15H18BrN5O2/c1-9-14(19-20-21(9)11-4-6-17-7-5-11)15(23)18-12-8-10(16)2-3-13(12)22/h2-3,8,11,17,22H,4-7H2,1H3,(H,18,23). The number of benzene rings is 1. The first kappa shape index (κ1) is 15.9. The Labute approximate surface area is 142 Å². The molecule has 1 saturated heterocycles. The van der Waals surface area contributed by atoms with Crippen LogP contribution in [0.4, 0.5) is 5.69 Å². The number of aromatic hydroxyl groups is 1. The van der Waals surface area contributed by atoms with E-state index in [1.165, 1.54) is 6.07 Å². The van der Waals surface area contributed by atoms with E-state index in [0.717, 1.165) is 36.1 Å². The number of aromatic nitrogens is 3. The molecule has 122 valence electrons. The molecular formula is C15H18BrN5O2. The summed E-state index contributed by atoms with van der Waals surface area (Å²) in [6.07, 6.45) is 1.94. The first-order valence-corrected chi connectivity index (χ1v) is 8.28. The Morgan fingerprint density at radius 1 is 1.43 bits per heavy atom. The van der Waals surface area contributed by atoms with Gasteiger partial charge in [0.05, 0.1) is 17.4 Å². The molecule has 0 aliphatic carbocycles. The number of amides is 1. The highest BCUT2D eigenvalue weighted by atomic mass is 79.9.